The Bertz CT molecular complexity index is 1150. The van der Waals surface area contributed by atoms with Crippen molar-refractivity contribution in [2.45, 2.75) is 38.8 Å². The van der Waals surface area contributed by atoms with Crippen molar-refractivity contribution in [2.24, 2.45) is 13.0 Å². The van der Waals surface area contributed by atoms with Crippen LogP contribution >= 0.6 is 0 Å². The Morgan fingerprint density at radius 3 is 2.51 bits per heavy atom. The summed E-state index contributed by atoms with van der Waals surface area (Å²) < 4.78 is 12.4. The van der Waals surface area contributed by atoms with Crippen LogP contribution in [0.15, 0.2) is 52.9 Å². The fraction of sp³-hybridized carbons (Fsp3) is 0.444. The van der Waals surface area contributed by atoms with Gasteiger partial charge in [0.2, 0.25) is 0 Å². The minimum atomic E-state index is -0.0970. The van der Waals surface area contributed by atoms with E-state index in [0.717, 1.165) is 25.0 Å². The van der Waals surface area contributed by atoms with Gasteiger partial charge >= 0.3 is 0 Å². The van der Waals surface area contributed by atoms with Gasteiger partial charge in [-0.3, -0.25) is 14.3 Å². The van der Waals surface area contributed by atoms with Gasteiger partial charge in [0, 0.05) is 40.3 Å². The molecular formula is C27H34N4O4. The van der Waals surface area contributed by atoms with E-state index in [0.29, 0.717) is 36.9 Å². The van der Waals surface area contributed by atoms with Gasteiger partial charge in [0.05, 0.1) is 5.69 Å². The highest BCUT2D eigenvalue weighted by Crippen LogP contribution is 2.28. The van der Waals surface area contributed by atoms with E-state index in [1.54, 1.807) is 31.0 Å². The lowest BCUT2D eigenvalue weighted by Crippen LogP contribution is -2.48. The van der Waals surface area contributed by atoms with Gasteiger partial charge in [0.25, 0.3) is 11.8 Å². The minimum Gasteiger partial charge on any atom is -0.453 e. The lowest BCUT2D eigenvalue weighted by atomic mass is 9.84. The average Bonchev–Trinajstić information content (AvgIpc) is 3.47. The van der Waals surface area contributed by atoms with Gasteiger partial charge in [-0.15, -0.1) is 0 Å². The first-order valence-electron chi connectivity index (χ1n) is 12.1. The summed E-state index contributed by atoms with van der Waals surface area (Å²) in [5.41, 5.74) is 2.60. The molecular weight excluding hydrogens is 444 g/mol. The number of nitrogens with zero attached hydrogens (tertiary/aromatic N) is 4. The zero-order chi connectivity index (χ0) is 24.9. The molecule has 3 heterocycles. The molecule has 0 unspecified atom stereocenters. The van der Waals surface area contributed by atoms with Crippen molar-refractivity contribution in [1.82, 2.24) is 19.6 Å². The molecule has 8 nitrogen and oxygen atoms in total. The second-order valence-corrected chi connectivity index (χ2v) is 9.30. The Kier molecular flexibility index (Phi) is 7.70. The van der Waals surface area contributed by atoms with Crippen LogP contribution in [0.25, 0.3) is 0 Å². The van der Waals surface area contributed by atoms with Crippen LogP contribution in [0.1, 0.15) is 50.9 Å². The number of carbonyl (C=O) groups excluding carboxylic acids is 2. The number of methoxy groups -OCH3 is 1. The number of carbonyl (C=O) groups is 2. The normalized spacial score (nSPS) is 15.3. The van der Waals surface area contributed by atoms with Gasteiger partial charge < -0.3 is 19.0 Å². The van der Waals surface area contributed by atoms with E-state index in [1.165, 1.54) is 5.56 Å². The number of hydrogen-bond donors (Lipinski definition) is 0. The Labute approximate surface area is 206 Å². The molecule has 8 heteroatoms. The third-order valence-electron chi connectivity index (χ3n) is 6.86. The van der Waals surface area contributed by atoms with E-state index in [1.807, 2.05) is 48.0 Å². The number of aryl methyl sites for hydroxylation is 2. The molecule has 0 spiro atoms. The first-order chi connectivity index (χ1) is 16.9. The van der Waals surface area contributed by atoms with Crippen molar-refractivity contribution in [2.75, 3.05) is 27.2 Å². The Balaban J connectivity index is 1.48. The zero-order valence-corrected chi connectivity index (χ0v) is 20.9. The first-order valence-corrected chi connectivity index (χ1v) is 12.1. The summed E-state index contributed by atoms with van der Waals surface area (Å²) in [6, 6.07) is 15.6. The number of likely N-dealkylation sites (tertiary alicyclic amines) is 1. The molecule has 1 atom stereocenters. The highest BCUT2D eigenvalue weighted by atomic mass is 16.5. The van der Waals surface area contributed by atoms with Crippen LogP contribution in [0.3, 0.4) is 0 Å². The molecule has 186 valence electrons. The number of furan rings is 1. The third-order valence-corrected chi connectivity index (χ3v) is 6.86. The van der Waals surface area contributed by atoms with Crippen LogP contribution in [0, 0.1) is 12.8 Å². The van der Waals surface area contributed by atoms with Gasteiger partial charge in [0.15, 0.2) is 5.76 Å². The quantitative estimate of drug-likeness (QED) is 0.493. The van der Waals surface area contributed by atoms with Crippen LogP contribution in [0.2, 0.25) is 0 Å². The van der Waals surface area contributed by atoms with Crippen molar-refractivity contribution in [1.29, 1.82) is 0 Å². The second kappa shape index (κ2) is 10.9. The van der Waals surface area contributed by atoms with Gasteiger partial charge in [-0.1, -0.05) is 30.3 Å². The molecule has 0 bridgehead atoms. The first kappa shape index (κ1) is 24.7. The summed E-state index contributed by atoms with van der Waals surface area (Å²) in [6.45, 7) is 3.49. The molecule has 35 heavy (non-hydrogen) atoms. The molecule has 4 rings (SSSR count). The van der Waals surface area contributed by atoms with E-state index in [4.69, 9.17) is 9.15 Å². The predicted molar refractivity (Wildman–Crippen MR) is 132 cm³/mol. The zero-order valence-electron chi connectivity index (χ0n) is 20.9. The molecule has 1 aliphatic rings. The SMILES string of the molecule is COCc1ccc(C(=O)N2CCC([C@H](Cc3ccccc3)N(C)C(=O)c3cc(C)nn3C)CC2)o1. The molecule has 1 saturated heterocycles. The maximum atomic E-state index is 13.4. The van der Waals surface area contributed by atoms with Gasteiger partial charge in [0.1, 0.15) is 18.1 Å². The lowest BCUT2D eigenvalue weighted by Gasteiger charge is -2.40. The molecule has 1 aromatic carbocycles. The number of hydrogen-bond acceptors (Lipinski definition) is 5. The average molecular weight is 479 g/mol. The monoisotopic (exact) mass is 478 g/mol. The number of ether oxygens (including phenoxy) is 1. The highest BCUT2D eigenvalue weighted by molar-refractivity contribution is 5.93. The van der Waals surface area contributed by atoms with E-state index in [2.05, 4.69) is 17.2 Å². The van der Waals surface area contributed by atoms with Crippen molar-refractivity contribution >= 4 is 11.8 Å². The maximum Gasteiger partial charge on any atom is 0.289 e. The van der Waals surface area contributed by atoms with Crippen molar-refractivity contribution in [3.8, 4) is 0 Å². The van der Waals surface area contributed by atoms with Crippen LogP contribution in [-0.4, -0.2) is 64.7 Å². The lowest BCUT2D eigenvalue weighted by molar-refractivity contribution is 0.0499. The molecule has 1 fully saturated rings. The molecule has 0 saturated carbocycles. The molecule has 0 radical (unpaired) electrons. The molecule has 0 N–H and O–H groups in total. The molecule has 0 aliphatic carbocycles. The van der Waals surface area contributed by atoms with E-state index < -0.39 is 0 Å². The van der Waals surface area contributed by atoms with Crippen molar-refractivity contribution in [3.63, 3.8) is 0 Å². The Hall–Kier alpha value is -3.39. The van der Waals surface area contributed by atoms with Crippen molar-refractivity contribution in [3.05, 3.63) is 77.0 Å². The number of likely N-dealkylation sites (N-methyl/N-ethyl adjacent to an activating group) is 1. The standard InChI is InChI=1S/C27H34N4O4/c1-19-16-24(30(3)28-19)26(32)29(2)23(17-20-8-6-5-7-9-20)21-12-14-31(15-13-21)27(33)25-11-10-22(35-25)18-34-4/h5-11,16,21,23H,12-15,17-18H2,1-4H3/t23-/m0/s1. The number of piperidine rings is 1. The fourth-order valence-corrected chi connectivity index (χ4v) is 4.97. The number of aromatic nitrogens is 2. The van der Waals surface area contributed by atoms with Gasteiger partial charge in [-0.05, 0) is 55.9 Å². The Morgan fingerprint density at radius 1 is 1.17 bits per heavy atom. The third kappa shape index (κ3) is 5.65. The van der Waals surface area contributed by atoms with Gasteiger partial charge in [-0.2, -0.15) is 5.10 Å². The fourth-order valence-electron chi connectivity index (χ4n) is 4.97. The molecule has 1 aliphatic heterocycles. The topological polar surface area (TPSA) is 80.8 Å². The largest absolute Gasteiger partial charge is 0.453 e. The molecule has 3 aromatic rings. The summed E-state index contributed by atoms with van der Waals surface area (Å²) >= 11 is 0. The maximum absolute atomic E-state index is 13.4. The second-order valence-electron chi connectivity index (χ2n) is 9.30. The Morgan fingerprint density at radius 2 is 1.89 bits per heavy atom. The smallest absolute Gasteiger partial charge is 0.289 e. The van der Waals surface area contributed by atoms with E-state index in [9.17, 15) is 9.59 Å². The summed E-state index contributed by atoms with van der Waals surface area (Å²) in [4.78, 5) is 30.1. The molecule has 2 amide bonds. The van der Waals surface area contributed by atoms with Crippen molar-refractivity contribution < 1.29 is 18.7 Å². The highest BCUT2D eigenvalue weighted by Gasteiger charge is 2.34. The number of benzene rings is 1. The summed E-state index contributed by atoms with van der Waals surface area (Å²) in [7, 11) is 5.28. The van der Waals surface area contributed by atoms with E-state index >= 15 is 0 Å². The predicted octanol–water partition coefficient (Wildman–Crippen LogP) is 3.70. The summed E-state index contributed by atoms with van der Waals surface area (Å²) in [5.74, 6) is 1.12. The summed E-state index contributed by atoms with van der Waals surface area (Å²) in [5, 5.41) is 4.35. The van der Waals surface area contributed by atoms with Crippen LogP contribution in [0.5, 0.6) is 0 Å². The molecule has 2 aromatic heterocycles. The van der Waals surface area contributed by atoms with Crippen LogP contribution in [-0.2, 0) is 24.8 Å². The van der Waals surface area contributed by atoms with E-state index in [-0.39, 0.29) is 23.8 Å². The number of rotatable bonds is 8. The number of amides is 2. The summed E-state index contributed by atoms with van der Waals surface area (Å²) in [6.07, 6.45) is 2.39. The van der Waals surface area contributed by atoms with Crippen LogP contribution < -0.4 is 0 Å². The minimum absolute atomic E-state index is 0.00859. The van der Waals surface area contributed by atoms with Crippen LogP contribution in [0.4, 0.5) is 0 Å². The van der Waals surface area contributed by atoms with Gasteiger partial charge in [-0.25, -0.2) is 0 Å².